The van der Waals surface area contributed by atoms with E-state index in [-0.39, 0.29) is 0 Å². The van der Waals surface area contributed by atoms with Crippen LogP contribution in [0.5, 0.6) is 0 Å². The lowest BCUT2D eigenvalue weighted by atomic mass is 9.98. The van der Waals surface area contributed by atoms with E-state index >= 15 is 0 Å². The normalized spacial score (nSPS) is 15.7. The van der Waals surface area contributed by atoms with Crippen molar-refractivity contribution in [3.8, 4) is 0 Å². The summed E-state index contributed by atoms with van der Waals surface area (Å²) < 4.78 is 0. The maximum atomic E-state index is 8.79. The van der Waals surface area contributed by atoms with Gasteiger partial charge in [0.1, 0.15) is 0 Å². The maximum Gasteiger partial charge on any atom is 0.0456 e. The lowest BCUT2D eigenvalue weighted by Gasteiger charge is -2.10. The van der Waals surface area contributed by atoms with Gasteiger partial charge in [0, 0.05) is 13.2 Å². The van der Waals surface area contributed by atoms with E-state index in [1.54, 1.807) is 0 Å². The molecule has 2 atom stereocenters. The zero-order valence-electron chi connectivity index (χ0n) is 9.00. The van der Waals surface area contributed by atoms with Crippen molar-refractivity contribution in [2.24, 2.45) is 11.8 Å². The van der Waals surface area contributed by atoms with Crippen molar-refractivity contribution in [3.05, 3.63) is 0 Å². The molecular weight excluding hydrogens is 164 g/mol. The van der Waals surface area contributed by atoms with Crippen LogP contribution in [0.25, 0.3) is 0 Å². The fraction of sp³-hybridized carbons (Fsp3) is 1.00. The van der Waals surface area contributed by atoms with E-state index in [0.29, 0.717) is 25.0 Å². The molecule has 0 aromatic heterocycles. The van der Waals surface area contributed by atoms with Gasteiger partial charge in [0.2, 0.25) is 0 Å². The minimum atomic E-state index is 0.312. The quantitative estimate of drug-likeness (QED) is 0.573. The monoisotopic (exact) mass is 188 g/mol. The Kier molecular flexibility index (Phi) is 8.46. The molecule has 0 rings (SSSR count). The average Bonchev–Trinajstić information content (AvgIpc) is 2.12. The first kappa shape index (κ1) is 12.9. The number of hydrogen-bond acceptors (Lipinski definition) is 2. The van der Waals surface area contributed by atoms with Gasteiger partial charge in [-0.15, -0.1) is 0 Å². The zero-order chi connectivity index (χ0) is 10.1. The molecule has 2 nitrogen and oxygen atoms in total. The predicted molar refractivity (Wildman–Crippen MR) is 55.6 cm³/mol. The Balaban J connectivity index is 3.15. The van der Waals surface area contributed by atoms with Gasteiger partial charge in [-0.25, -0.2) is 0 Å². The Bertz CT molecular complexity index is 104. The highest BCUT2D eigenvalue weighted by Crippen LogP contribution is 2.14. The molecule has 2 N–H and O–H groups in total. The van der Waals surface area contributed by atoms with E-state index in [0.717, 1.165) is 12.8 Å². The zero-order valence-corrected chi connectivity index (χ0v) is 9.00. The van der Waals surface area contributed by atoms with Crippen LogP contribution in [-0.4, -0.2) is 23.4 Å². The third-order valence-corrected chi connectivity index (χ3v) is 2.58. The Hall–Kier alpha value is -0.0800. The third kappa shape index (κ3) is 8.26. The van der Waals surface area contributed by atoms with Gasteiger partial charge in [-0.05, 0) is 24.7 Å². The number of aliphatic hydroxyl groups excluding tert-OH is 2. The molecule has 0 aliphatic rings. The van der Waals surface area contributed by atoms with Crippen LogP contribution in [0.15, 0.2) is 0 Å². The molecule has 0 amide bonds. The van der Waals surface area contributed by atoms with Gasteiger partial charge >= 0.3 is 0 Å². The molecule has 0 aromatic rings. The molecule has 0 aliphatic carbocycles. The van der Waals surface area contributed by atoms with E-state index in [1.807, 2.05) is 0 Å². The summed E-state index contributed by atoms with van der Waals surface area (Å²) >= 11 is 0. The van der Waals surface area contributed by atoms with Crippen LogP contribution in [-0.2, 0) is 0 Å². The standard InChI is InChI=1S/C11H24O2/c1-10(7-8-12)5-3-4-6-11(2)9-13/h10-13H,3-9H2,1-2H3. The SMILES string of the molecule is CC(CO)CCCCC(C)CCO. The van der Waals surface area contributed by atoms with Gasteiger partial charge in [0.05, 0.1) is 0 Å². The second kappa shape index (κ2) is 8.52. The summed E-state index contributed by atoms with van der Waals surface area (Å²) in [5.41, 5.74) is 0. The molecule has 0 aromatic carbocycles. The fourth-order valence-electron chi connectivity index (χ4n) is 1.44. The van der Waals surface area contributed by atoms with Gasteiger partial charge in [-0.1, -0.05) is 33.1 Å². The van der Waals surface area contributed by atoms with Crippen molar-refractivity contribution in [3.63, 3.8) is 0 Å². The highest BCUT2D eigenvalue weighted by Gasteiger charge is 2.02. The highest BCUT2D eigenvalue weighted by atomic mass is 16.3. The van der Waals surface area contributed by atoms with E-state index in [2.05, 4.69) is 13.8 Å². The van der Waals surface area contributed by atoms with Crippen molar-refractivity contribution in [1.82, 2.24) is 0 Å². The topological polar surface area (TPSA) is 40.5 Å². The molecular formula is C11H24O2. The van der Waals surface area contributed by atoms with E-state index < -0.39 is 0 Å². The summed E-state index contributed by atoms with van der Waals surface area (Å²) in [5, 5.41) is 17.5. The van der Waals surface area contributed by atoms with Gasteiger partial charge in [0.25, 0.3) is 0 Å². The predicted octanol–water partition coefficient (Wildman–Crippen LogP) is 2.19. The molecule has 0 fully saturated rings. The summed E-state index contributed by atoms with van der Waals surface area (Å²) in [7, 11) is 0. The van der Waals surface area contributed by atoms with E-state index in [9.17, 15) is 0 Å². The van der Waals surface area contributed by atoms with Crippen molar-refractivity contribution >= 4 is 0 Å². The Morgan fingerprint density at radius 3 is 1.85 bits per heavy atom. The first-order chi connectivity index (χ1) is 6.20. The lowest BCUT2D eigenvalue weighted by Crippen LogP contribution is -2.01. The molecule has 0 aliphatic heterocycles. The second-order valence-electron chi connectivity index (χ2n) is 4.19. The van der Waals surface area contributed by atoms with Crippen LogP contribution < -0.4 is 0 Å². The minimum absolute atomic E-state index is 0.312. The molecule has 0 bridgehead atoms. The number of hydrogen-bond donors (Lipinski definition) is 2. The number of aliphatic hydroxyl groups is 2. The van der Waals surface area contributed by atoms with E-state index in [4.69, 9.17) is 10.2 Å². The van der Waals surface area contributed by atoms with Crippen molar-refractivity contribution < 1.29 is 10.2 Å². The summed E-state index contributed by atoms with van der Waals surface area (Å²) in [6, 6.07) is 0. The average molecular weight is 188 g/mol. The first-order valence-corrected chi connectivity index (χ1v) is 5.42. The van der Waals surface area contributed by atoms with Crippen LogP contribution in [0.4, 0.5) is 0 Å². The van der Waals surface area contributed by atoms with Gasteiger partial charge in [-0.3, -0.25) is 0 Å². The van der Waals surface area contributed by atoms with Gasteiger partial charge < -0.3 is 10.2 Å². The highest BCUT2D eigenvalue weighted by molar-refractivity contribution is 4.55. The van der Waals surface area contributed by atoms with Crippen LogP contribution >= 0.6 is 0 Å². The van der Waals surface area contributed by atoms with Crippen LogP contribution in [0.3, 0.4) is 0 Å². The van der Waals surface area contributed by atoms with Crippen molar-refractivity contribution in [2.45, 2.75) is 46.0 Å². The molecule has 13 heavy (non-hydrogen) atoms. The summed E-state index contributed by atoms with van der Waals surface area (Å²) in [5.74, 6) is 1.10. The minimum Gasteiger partial charge on any atom is -0.396 e. The van der Waals surface area contributed by atoms with Crippen molar-refractivity contribution in [2.75, 3.05) is 13.2 Å². The summed E-state index contributed by atoms with van der Waals surface area (Å²) in [4.78, 5) is 0. The third-order valence-electron chi connectivity index (χ3n) is 2.58. The van der Waals surface area contributed by atoms with Crippen LogP contribution in [0.1, 0.15) is 46.0 Å². The number of rotatable bonds is 8. The Morgan fingerprint density at radius 1 is 0.846 bits per heavy atom. The summed E-state index contributed by atoms with van der Waals surface area (Å²) in [6.07, 6.45) is 5.69. The van der Waals surface area contributed by atoms with Crippen LogP contribution in [0, 0.1) is 11.8 Å². The molecule has 0 spiro atoms. The first-order valence-electron chi connectivity index (χ1n) is 5.42. The van der Waals surface area contributed by atoms with Crippen molar-refractivity contribution in [1.29, 1.82) is 0 Å². The smallest absolute Gasteiger partial charge is 0.0456 e. The van der Waals surface area contributed by atoms with E-state index in [1.165, 1.54) is 19.3 Å². The molecule has 0 heterocycles. The van der Waals surface area contributed by atoms with Crippen LogP contribution in [0.2, 0.25) is 0 Å². The maximum absolute atomic E-state index is 8.79. The fourth-order valence-corrected chi connectivity index (χ4v) is 1.44. The molecule has 0 saturated carbocycles. The number of unbranched alkanes of at least 4 members (excludes halogenated alkanes) is 1. The molecule has 0 radical (unpaired) electrons. The molecule has 2 heteroatoms. The molecule has 2 unspecified atom stereocenters. The van der Waals surface area contributed by atoms with Gasteiger partial charge in [0.15, 0.2) is 0 Å². The lowest BCUT2D eigenvalue weighted by molar-refractivity contribution is 0.225. The molecule has 0 saturated heterocycles. The second-order valence-corrected chi connectivity index (χ2v) is 4.19. The summed E-state index contributed by atoms with van der Waals surface area (Å²) in [6.45, 7) is 4.89. The largest absolute Gasteiger partial charge is 0.396 e. The Labute approximate surface area is 82.0 Å². The molecule has 80 valence electrons. The Morgan fingerprint density at radius 2 is 1.38 bits per heavy atom. The van der Waals surface area contributed by atoms with Gasteiger partial charge in [-0.2, -0.15) is 0 Å².